The number of carboxylic acids is 1. The highest BCUT2D eigenvalue weighted by Gasteiger charge is 2.20. The molecule has 1 saturated heterocycles. The highest BCUT2D eigenvalue weighted by Crippen LogP contribution is 2.22. The number of Topliss-reactive ketones (excluding diaryl/α,β-unsaturated/α-hetero) is 1. The average molecular weight is 278 g/mol. The molecule has 0 bridgehead atoms. The van der Waals surface area contributed by atoms with Gasteiger partial charge in [0.05, 0.1) is 5.69 Å². The Morgan fingerprint density at radius 3 is 2.50 bits per heavy atom. The molecule has 0 saturated carbocycles. The number of carbonyl (C=O) groups is 2. The third kappa shape index (κ3) is 2.85. The third-order valence-corrected chi connectivity index (χ3v) is 3.20. The van der Waals surface area contributed by atoms with Crippen LogP contribution in [0.2, 0.25) is 0 Å². The first-order chi connectivity index (χ1) is 9.50. The molecule has 2 N–H and O–H groups in total. The third-order valence-electron chi connectivity index (χ3n) is 3.20. The second-order valence-electron chi connectivity index (χ2n) is 4.52. The highest BCUT2D eigenvalue weighted by atomic mass is 19.1. The molecule has 0 aromatic heterocycles. The largest absolute Gasteiger partial charge is 0.478 e. The summed E-state index contributed by atoms with van der Waals surface area (Å²) in [5.74, 6) is -2.71. The van der Waals surface area contributed by atoms with E-state index >= 15 is 0 Å². The zero-order chi connectivity index (χ0) is 14.7. The number of rotatable bonds is 4. The van der Waals surface area contributed by atoms with E-state index in [2.05, 4.69) is 11.9 Å². The topological polar surface area (TPSA) is 69.6 Å². The van der Waals surface area contributed by atoms with E-state index in [-0.39, 0.29) is 5.56 Å². The van der Waals surface area contributed by atoms with E-state index in [1.165, 1.54) is 12.1 Å². The molecule has 1 aliphatic rings. The van der Waals surface area contributed by atoms with Crippen molar-refractivity contribution in [3.63, 3.8) is 0 Å². The van der Waals surface area contributed by atoms with Crippen LogP contribution < -0.4 is 10.2 Å². The first-order valence-corrected chi connectivity index (χ1v) is 6.23. The lowest BCUT2D eigenvalue weighted by Gasteiger charge is -2.29. The summed E-state index contributed by atoms with van der Waals surface area (Å²) >= 11 is 0. The van der Waals surface area contributed by atoms with E-state index in [4.69, 9.17) is 5.11 Å². The van der Waals surface area contributed by atoms with Crippen LogP contribution in [0.25, 0.3) is 0 Å². The van der Waals surface area contributed by atoms with Gasteiger partial charge in [0.2, 0.25) is 0 Å². The Bertz CT molecular complexity index is 566. The zero-order valence-corrected chi connectivity index (χ0v) is 10.9. The Labute approximate surface area is 115 Å². The summed E-state index contributed by atoms with van der Waals surface area (Å²) in [6.45, 7) is 6.10. The molecule has 1 heterocycles. The first kappa shape index (κ1) is 14.2. The molecular formula is C14H15FN2O3. The maximum Gasteiger partial charge on any atom is 0.339 e. The van der Waals surface area contributed by atoms with E-state index in [9.17, 15) is 14.0 Å². The maximum absolute atomic E-state index is 14.1. The fourth-order valence-corrected chi connectivity index (χ4v) is 2.08. The van der Waals surface area contributed by atoms with Crippen molar-refractivity contribution in [2.45, 2.75) is 0 Å². The van der Waals surface area contributed by atoms with Gasteiger partial charge in [-0.3, -0.25) is 4.79 Å². The number of hydrogen-bond acceptors (Lipinski definition) is 4. The van der Waals surface area contributed by atoms with Gasteiger partial charge in [0, 0.05) is 31.7 Å². The van der Waals surface area contributed by atoms with Crippen molar-refractivity contribution in [1.29, 1.82) is 0 Å². The standard InChI is InChI=1S/C14H15FN2O3/c1-9(14(19)20)13(18)10-2-3-12(11(15)8-10)17-6-4-16-5-7-17/h2-3,8,16H,1,4-7H2,(H,19,20). The van der Waals surface area contributed by atoms with E-state index in [1.54, 1.807) is 0 Å². The van der Waals surface area contributed by atoms with Gasteiger partial charge in [-0.1, -0.05) is 6.58 Å². The fraction of sp³-hybridized carbons (Fsp3) is 0.286. The number of nitrogens with zero attached hydrogens (tertiary/aromatic N) is 1. The molecule has 0 atom stereocenters. The van der Waals surface area contributed by atoms with Crippen molar-refractivity contribution in [2.75, 3.05) is 31.1 Å². The molecule has 106 valence electrons. The molecule has 1 fully saturated rings. The van der Waals surface area contributed by atoms with Gasteiger partial charge in [0.15, 0.2) is 5.78 Å². The number of carbonyl (C=O) groups excluding carboxylic acids is 1. The molecule has 1 aromatic rings. The Hall–Kier alpha value is -2.21. The molecule has 2 rings (SSSR count). The second-order valence-corrected chi connectivity index (χ2v) is 4.52. The van der Waals surface area contributed by atoms with Crippen molar-refractivity contribution in [1.82, 2.24) is 5.32 Å². The SMILES string of the molecule is C=C(C(=O)O)C(=O)c1ccc(N2CCNCC2)c(F)c1. The van der Waals surface area contributed by atoms with Gasteiger partial charge in [0.1, 0.15) is 11.4 Å². The number of ketones is 1. The lowest BCUT2D eigenvalue weighted by atomic mass is 10.0. The Morgan fingerprint density at radius 1 is 1.30 bits per heavy atom. The average Bonchev–Trinajstić information content (AvgIpc) is 2.46. The molecule has 0 aliphatic carbocycles. The molecule has 20 heavy (non-hydrogen) atoms. The van der Waals surface area contributed by atoms with Crippen molar-refractivity contribution in [3.05, 3.63) is 41.7 Å². The number of piperazine rings is 1. The van der Waals surface area contributed by atoms with Gasteiger partial charge in [0.25, 0.3) is 0 Å². The molecule has 0 spiro atoms. The summed E-state index contributed by atoms with van der Waals surface area (Å²) in [4.78, 5) is 24.3. The first-order valence-electron chi connectivity index (χ1n) is 6.23. The number of aliphatic carboxylic acids is 1. The van der Waals surface area contributed by atoms with Crippen LogP contribution in [0.5, 0.6) is 0 Å². The lowest BCUT2D eigenvalue weighted by molar-refractivity contribution is -0.132. The summed E-state index contributed by atoms with van der Waals surface area (Å²) < 4.78 is 14.1. The van der Waals surface area contributed by atoms with Crippen LogP contribution in [0, 0.1) is 5.82 Å². The number of nitrogens with one attached hydrogen (secondary N) is 1. The van der Waals surface area contributed by atoms with E-state index in [0.717, 1.165) is 19.2 Å². The minimum absolute atomic E-state index is 0.00576. The van der Waals surface area contributed by atoms with Crippen LogP contribution in [0.4, 0.5) is 10.1 Å². The van der Waals surface area contributed by atoms with Gasteiger partial charge in [-0.2, -0.15) is 0 Å². The van der Waals surface area contributed by atoms with Crippen molar-refractivity contribution < 1.29 is 19.1 Å². The number of anilines is 1. The predicted molar refractivity (Wildman–Crippen MR) is 72.6 cm³/mol. The van der Waals surface area contributed by atoms with Gasteiger partial charge in [-0.25, -0.2) is 9.18 Å². The van der Waals surface area contributed by atoms with Gasteiger partial charge in [-0.05, 0) is 18.2 Å². The Morgan fingerprint density at radius 2 is 1.95 bits per heavy atom. The van der Waals surface area contributed by atoms with Gasteiger partial charge in [-0.15, -0.1) is 0 Å². The Balaban J connectivity index is 2.23. The summed E-state index contributed by atoms with van der Waals surface area (Å²) in [5, 5.41) is 11.9. The van der Waals surface area contributed by atoms with Crippen LogP contribution in [-0.2, 0) is 4.79 Å². The molecule has 5 nitrogen and oxygen atoms in total. The fourth-order valence-electron chi connectivity index (χ4n) is 2.08. The summed E-state index contributed by atoms with van der Waals surface area (Å²) in [6.07, 6.45) is 0. The molecule has 0 amide bonds. The number of hydrogen-bond donors (Lipinski definition) is 2. The van der Waals surface area contributed by atoms with Crippen LogP contribution in [-0.4, -0.2) is 43.0 Å². The minimum Gasteiger partial charge on any atom is -0.478 e. The number of halogens is 1. The van der Waals surface area contributed by atoms with Crippen LogP contribution in [0.15, 0.2) is 30.4 Å². The van der Waals surface area contributed by atoms with Crippen LogP contribution >= 0.6 is 0 Å². The van der Waals surface area contributed by atoms with E-state index in [1.807, 2.05) is 4.90 Å². The van der Waals surface area contributed by atoms with E-state index < -0.39 is 23.1 Å². The maximum atomic E-state index is 14.1. The van der Waals surface area contributed by atoms with Gasteiger partial charge < -0.3 is 15.3 Å². The lowest BCUT2D eigenvalue weighted by Crippen LogP contribution is -2.43. The van der Waals surface area contributed by atoms with Gasteiger partial charge >= 0.3 is 5.97 Å². The van der Waals surface area contributed by atoms with E-state index in [0.29, 0.717) is 18.8 Å². The number of benzene rings is 1. The molecular weight excluding hydrogens is 263 g/mol. The molecule has 0 unspecified atom stereocenters. The Kier molecular flexibility index (Phi) is 4.14. The summed E-state index contributed by atoms with van der Waals surface area (Å²) in [6, 6.07) is 3.99. The molecule has 6 heteroatoms. The smallest absolute Gasteiger partial charge is 0.339 e. The van der Waals surface area contributed by atoms with Crippen molar-refractivity contribution >= 4 is 17.4 Å². The second kappa shape index (κ2) is 5.83. The molecule has 1 aromatic carbocycles. The van der Waals surface area contributed by atoms with Crippen LogP contribution in [0.3, 0.4) is 0 Å². The normalized spacial score (nSPS) is 14.9. The van der Waals surface area contributed by atoms with Crippen LogP contribution in [0.1, 0.15) is 10.4 Å². The minimum atomic E-state index is -1.40. The monoisotopic (exact) mass is 278 g/mol. The zero-order valence-electron chi connectivity index (χ0n) is 10.9. The quantitative estimate of drug-likeness (QED) is 0.373. The molecule has 0 radical (unpaired) electrons. The molecule has 1 aliphatic heterocycles. The number of carboxylic acid groups (broad SMARTS) is 1. The summed E-state index contributed by atoms with van der Waals surface area (Å²) in [7, 11) is 0. The van der Waals surface area contributed by atoms with Crippen molar-refractivity contribution in [2.24, 2.45) is 0 Å². The van der Waals surface area contributed by atoms with Crippen molar-refractivity contribution in [3.8, 4) is 0 Å². The summed E-state index contributed by atoms with van der Waals surface area (Å²) in [5.41, 5.74) is -0.155. The highest BCUT2D eigenvalue weighted by molar-refractivity contribution is 6.23. The predicted octanol–water partition coefficient (Wildman–Crippen LogP) is 1.06.